The van der Waals surface area contributed by atoms with Crippen LogP contribution in [0.25, 0.3) is 0 Å². The molecule has 2 aliphatic rings. The fourth-order valence-corrected chi connectivity index (χ4v) is 3.45. The Morgan fingerprint density at radius 2 is 1.83 bits per heavy atom. The number of piperazine rings is 1. The van der Waals surface area contributed by atoms with Gasteiger partial charge >= 0.3 is 6.03 Å². The van der Waals surface area contributed by atoms with Gasteiger partial charge in [0.05, 0.1) is 19.3 Å². The molecule has 2 aliphatic heterocycles. The first-order valence-electron chi connectivity index (χ1n) is 8.21. The van der Waals surface area contributed by atoms with Gasteiger partial charge in [0.2, 0.25) is 5.91 Å². The number of amides is 3. The molecule has 3 amide bonds. The molecule has 0 radical (unpaired) electrons. The van der Waals surface area contributed by atoms with E-state index < -0.39 is 0 Å². The van der Waals surface area contributed by atoms with Crippen molar-refractivity contribution in [1.82, 2.24) is 19.7 Å². The SMILES string of the molecule is CC(C(=O)Nc1nccs1)N1CCN(C(=O)N2CCOCC2)CC1. The second-order valence-corrected chi connectivity index (χ2v) is 6.80. The third-order valence-electron chi connectivity index (χ3n) is 4.46. The highest BCUT2D eigenvalue weighted by Gasteiger charge is 2.30. The van der Waals surface area contributed by atoms with E-state index in [0.29, 0.717) is 57.6 Å². The Balaban J connectivity index is 1.47. The first kappa shape index (κ1) is 17.1. The van der Waals surface area contributed by atoms with Gasteiger partial charge in [0.15, 0.2) is 5.13 Å². The van der Waals surface area contributed by atoms with Crippen molar-refractivity contribution in [3.05, 3.63) is 11.6 Å². The number of carbonyl (C=O) groups is 2. The molecule has 0 aromatic carbocycles. The van der Waals surface area contributed by atoms with E-state index >= 15 is 0 Å². The van der Waals surface area contributed by atoms with E-state index in [0.717, 1.165) is 0 Å². The molecule has 9 heteroatoms. The quantitative estimate of drug-likeness (QED) is 0.858. The van der Waals surface area contributed by atoms with E-state index in [4.69, 9.17) is 4.74 Å². The fraction of sp³-hybridized carbons (Fsp3) is 0.667. The molecule has 2 fully saturated rings. The maximum atomic E-state index is 12.5. The molecule has 0 spiro atoms. The predicted molar refractivity (Wildman–Crippen MR) is 91.1 cm³/mol. The number of ether oxygens (including phenoxy) is 1. The largest absolute Gasteiger partial charge is 0.378 e. The molecule has 24 heavy (non-hydrogen) atoms. The summed E-state index contributed by atoms with van der Waals surface area (Å²) in [6.07, 6.45) is 1.67. The Hall–Kier alpha value is -1.71. The highest BCUT2D eigenvalue weighted by atomic mass is 32.1. The van der Waals surface area contributed by atoms with Crippen LogP contribution >= 0.6 is 11.3 Å². The van der Waals surface area contributed by atoms with Crippen molar-refractivity contribution in [1.29, 1.82) is 0 Å². The molecule has 1 aromatic rings. The van der Waals surface area contributed by atoms with E-state index in [1.54, 1.807) is 6.20 Å². The molecule has 1 N–H and O–H groups in total. The van der Waals surface area contributed by atoms with Crippen LogP contribution in [0.15, 0.2) is 11.6 Å². The van der Waals surface area contributed by atoms with Crippen LogP contribution in [0.1, 0.15) is 6.92 Å². The third kappa shape index (κ3) is 4.03. The van der Waals surface area contributed by atoms with Crippen molar-refractivity contribution in [2.24, 2.45) is 0 Å². The third-order valence-corrected chi connectivity index (χ3v) is 5.14. The van der Waals surface area contributed by atoms with Crippen LogP contribution in [0.4, 0.5) is 9.93 Å². The van der Waals surface area contributed by atoms with Crippen LogP contribution in [0, 0.1) is 0 Å². The van der Waals surface area contributed by atoms with E-state index in [-0.39, 0.29) is 18.0 Å². The highest BCUT2D eigenvalue weighted by molar-refractivity contribution is 7.13. The minimum atomic E-state index is -0.241. The van der Waals surface area contributed by atoms with Crippen molar-refractivity contribution in [3.63, 3.8) is 0 Å². The van der Waals surface area contributed by atoms with Gasteiger partial charge in [-0.2, -0.15) is 0 Å². The van der Waals surface area contributed by atoms with Crippen molar-refractivity contribution < 1.29 is 14.3 Å². The molecule has 0 aliphatic carbocycles. The number of hydrogen-bond acceptors (Lipinski definition) is 6. The Bertz CT molecular complexity index is 553. The molecule has 1 atom stereocenters. The lowest BCUT2D eigenvalue weighted by Gasteiger charge is -2.40. The molecule has 1 unspecified atom stereocenters. The number of nitrogens with zero attached hydrogens (tertiary/aromatic N) is 4. The molecule has 132 valence electrons. The Morgan fingerprint density at radius 3 is 2.46 bits per heavy atom. The van der Waals surface area contributed by atoms with Crippen LogP contribution in [0.2, 0.25) is 0 Å². The van der Waals surface area contributed by atoms with Crippen LogP contribution in [0.5, 0.6) is 0 Å². The molecule has 8 nitrogen and oxygen atoms in total. The van der Waals surface area contributed by atoms with Crippen LogP contribution < -0.4 is 5.32 Å². The highest BCUT2D eigenvalue weighted by Crippen LogP contribution is 2.14. The molecule has 1 aromatic heterocycles. The zero-order chi connectivity index (χ0) is 16.9. The molecule has 0 saturated carbocycles. The lowest BCUT2D eigenvalue weighted by Crippen LogP contribution is -2.57. The summed E-state index contributed by atoms with van der Waals surface area (Å²) in [5.74, 6) is -0.0575. The molecule has 3 heterocycles. The number of carbonyl (C=O) groups excluding carboxylic acids is 2. The number of morpholine rings is 1. The molecule has 3 rings (SSSR count). The van der Waals surface area contributed by atoms with Gasteiger partial charge in [-0.15, -0.1) is 11.3 Å². The van der Waals surface area contributed by atoms with E-state index in [2.05, 4.69) is 15.2 Å². The summed E-state index contributed by atoms with van der Waals surface area (Å²) in [6.45, 7) is 7.11. The second-order valence-electron chi connectivity index (χ2n) is 5.91. The molecular formula is C15H23N5O3S. The zero-order valence-corrected chi connectivity index (χ0v) is 14.6. The fourth-order valence-electron chi connectivity index (χ4n) is 2.92. The number of nitrogens with one attached hydrogen (secondary N) is 1. The first-order valence-corrected chi connectivity index (χ1v) is 9.09. The van der Waals surface area contributed by atoms with E-state index in [9.17, 15) is 9.59 Å². The molecular weight excluding hydrogens is 330 g/mol. The molecule has 0 bridgehead atoms. The van der Waals surface area contributed by atoms with Crippen molar-refractivity contribution in [2.45, 2.75) is 13.0 Å². The van der Waals surface area contributed by atoms with Crippen LogP contribution in [-0.2, 0) is 9.53 Å². The number of urea groups is 1. The number of anilines is 1. The topological polar surface area (TPSA) is 78.0 Å². The van der Waals surface area contributed by atoms with Crippen molar-refractivity contribution in [2.75, 3.05) is 57.8 Å². The summed E-state index contributed by atoms with van der Waals surface area (Å²) < 4.78 is 5.29. The van der Waals surface area contributed by atoms with Gasteiger partial charge in [-0.1, -0.05) is 0 Å². The summed E-state index contributed by atoms with van der Waals surface area (Å²) in [6, 6.07) is -0.160. The standard InChI is InChI=1S/C15H23N5O3S/c1-12(13(21)17-14-16-2-11-24-14)18-3-5-19(6-4-18)15(22)20-7-9-23-10-8-20/h2,11-12H,3-10H2,1H3,(H,16,17,21). The van der Waals surface area contributed by atoms with Gasteiger partial charge in [0.1, 0.15) is 0 Å². The van der Waals surface area contributed by atoms with E-state index in [1.165, 1.54) is 11.3 Å². The van der Waals surface area contributed by atoms with Gasteiger partial charge in [0.25, 0.3) is 0 Å². The Labute approximate surface area is 145 Å². The number of rotatable bonds is 3. The van der Waals surface area contributed by atoms with Crippen LogP contribution in [0.3, 0.4) is 0 Å². The van der Waals surface area contributed by atoms with Crippen molar-refractivity contribution in [3.8, 4) is 0 Å². The first-order chi connectivity index (χ1) is 11.6. The maximum Gasteiger partial charge on any atom is 0.320 e. The van der Waals surface area contributed by atoms with Crippen LogP contribution in [-0.4, -0.2) is 90.1 Å². The average molecular weight is 353 g/mol. The summed E-state index contributed by atoms with van der Waals surface area (Å²) in [5.41, 5.74) is 0. The van der Waals surface area contributed by atoms with Crippen molar-refractivity contribution >= 4 is 28.4 Å². The van der Waals surface area contributed by atoms with Gasteiger partial charge in [-0.3, -0.25) is 9.69 Å². The minimum absolute atomic E-state index is 0.0575. The summed E-state index contributed by atoms with van der Waals surface area (Å²) in [7, 11) is 0. The summed E-state index contributed by atoms with van der Waals surface area (Å²) >= 11 is 1.41. The Morgan fingerprint density at radius 1 is 1.17 bits per heavy atom. The van der Waals surface area contributed by atoms with E-state index in [1.807, 2.05) is 22.1 Å². The minimum Gasteiger partial charge on any atom is -0.378 e. The van der Waals surface area contributed by atoms with Gasteiger partial charge < -0.3 is 19.9 Å². The Kier molecular flexibility index (Phi) is 5.64. The lowest BCUT2D eigenvalue weighted by molar-refractivity contribution is -0.121. The predicted octanol–water partition coefficient (Wildman–Crippen LogP) is 0.540. The number of aromatic nitrogens is 1. The van der Waals surface area contributed by atoms with Gasteiger partial charge in [-0.25, -0.2) is 9.78 Å². The number of thiazole rings is 1. The molecule has 2 saturated heterocycles. The summed E-state index contributed by atoms with van der Waals surface area (Å²) in [5, 5.41) is 5.28. The number of hydrogen-bond donors (Lipinski definition) is 1. The summed E-state index contributed by atoms with van der Waals surface area (Å²) in [4.78, 5) is 34.6. The zero-order valence-electron chi connectivity index (χ0n) is 13.8. The maximum absolute atomic E-state index is 12.5. The van der Waals surface area contributed by atoms with Gasteiger partial charge in [0, 0.05) is 50.8 Å². The normalized spacial score (nSPS) is 20.7. The smallest absolute Gasteiger partial charge is 0.320 e. The second kappa shape index (κ2) is 7.91. The average Bonchev–Trinajstić information content (AvgIpc) is 3.14. The van der Waals surface area contributed by atoms with Gasteiger partial charge in [-0.05, 0) is 6.92 Å². The lowest BCUT2D eigenvalue weighted by atomic mass is 10.2. The monoisotopic (exact) mass is 353 g/mol.